The fraction of sp³-hybridized carbons (Fsp3) is 0.719. The van der Waals surface area contributed by atoms with E-state index in [-0.39, 0.29) is 24.7 Å². The van der Waals surface area contributed by atoms with Crippen LogP contribution in [-0.2, 0) is 9.53 Å². The zero-order valence-corrected chi connectivity index (χ0v) is 22.6. The van der Waals surface area contributed by atoms with Crippen LogP contribution in [0.15, 0.2) is 36.4 Å². The second-order valence-electron chi connectivity index (χ2n) is 11.6. The SMILES string of the molecule is C=C(CO)C(=O)OCC(CO)c1ccc(C2CCC(CCC3CCC(CCCCC)CC3)CC2)cc1. The van der Waals surface area contributed by atoms with E-state index in [0.717, 1.165) is 23.3 Å². The third-order valence-electron chi connectivity index (χ3n) is 9.01. The average molecular weight is 499 g/mol. The topological polar surface area (TPSA) is 66.8 Å². The van der Waals surface area contributed by atoms with E-state index in [0.29, 0.717) is 5.92 Å². The Morgan fingerprint density at radius 1 is 0.889 bits per heavy atom. The molecular formula is C32H50O4. The third kappa shape index (κ3) is 9.03. The van der Waals surface area contributed by atoms with Crippen molar-refractivity contribution in [2.24, 2.45) is 17.8 Å². The zero-order valence-electron chi connectivity index (χ0n) is 22.6. The Bertz CT molecular complexity index is 770. The summed E-state index contributed by atoms with van der Waals surface area (Å²) in [4.78, 5) is 11.7. The molecule has 36 heavy (non-hydrogen) atoms. The van der Waals surface area contributed by atoms with Crippen LogP contribution in [0.4, 0.5) is 0 Å². The predicted molar refractivity (Wildman–Crippen MR) is 147 cm³/mol. The van der Waals surface area contributed by atoms with Crippen LogP contribution in [-0.4, -0.2) is 36.0 Å². The van der Waals surface area contributed by atoms with Crippen molar-refractivity contribution in [3.63, 3.8) is 0 Å². The lowest BCUT2D eigenvalue weighted by Crippen LogP contribution is -2.18. The molecular weight excluding hydrogens is 448 g/mol. The van der Waals surface area contributed by atoms with E-state index >= 15 is 0 Å². The van der Waals surface area contributed by atoms with Crippen molar-refractivity contribution in [2.45, 2.75) is 109 Å². The van der Waals surface area contributed by atoms with Gasteiger partial charge in [0.15, 0.2) is 0 Å². The Morgan fingerprint density at radius 3 is 1.97 bits per heavy atom. The van der Waals surface area contributed by atoms with Gasteiger partial charge >= 0.3 is 5.97 Å². The number of esters is 1. The molecule has 2 fully saturated rings. The van der Waals surface area contributed by atoms with Crippen LogP contribution in [0.25, 0.3) is 0 Å². The minimum atomic E-state index is -0.612. The smallest absolute Gasteiger partial charge is 0.335 e. The molecule has 4 heteroatoms. The molecule has 0 aromatic heterocycles. The highest BCUT2D eigenvalue weighted by atomic mass is 16.5. The molecule has 202 valence electrons. The minimum absolute atomic E-state index is 0.0304. The molecule has 2 N–H and O–H groups in total. The first kappa shape index (κ1) is 28.9. The molecule has 0 aliphatic heterocycles. The van der Waals surface area contributed by atoms with Gasteiger partial charge in [0.1, 0.15) is 6.61 Å². The molecule has 2 saturated carbocycles. The van der Waals surface area contributed by atoms with Crippen LogP contribution in [0.5, 0.6) is 0 Å². The number of carbonyl (C=O) groups excluding carboxylic acids is 1. The first-order valence-corrected chi connectivity index (χ1v) is 14.7. The molecule has 1 aromatic rings. The normalized spacial score (nSPS) is 25.3. The third-order valence-corrected chi connectivity index (χ3v) is 9.01. The Kier molecular flexibility index (Phi) is 12.5. The van der Waals surface area contributed by atoms with Crippen molar-refractivity contribution in [2.75, 3.05) is 19.8 Å². The van der Waals surface area contributed by atoms with Gasteiger partial charge in [0.2, 0.25) is 0 Å². The van der Waals surface area contributed by atoms with Crippen LogP contribution in [0.3, 0.4) is 0 Å². The Morgan fingerprint density at radius 2 is 1.44 bits per heavy atom. The molecule has 1 unspecified atom stereocenters. The summed E-state index contributed by atoms with van der Waals surface area (Å²) in [6.07, 6.45) is 19.7. The fourth-order valence-electron chi connectivity index (χ4n) is 6.39. The number of carbonyl (C=O) groups is 1. The van der Waals surface area contributed by atoms with Crippen LogP contribution < -0.4 is 0 Å². The maximum atomic E-state index is 11.7. The van der Waals surface area contributed by atoms with Crippen molar-refractivity contribution >= 4 is 5.97 Å². The summed E-state index contributed by atoms with van der Waals surface area (Å²) >= 11 is 0. The number of aliphatic hydroxyl groups is 2. The summed E-state index contributed by atoms with van der Waals surface area (Å²) in [5.41, 5.74) is 2.39. The number of ether oxygens (including phenoxy) is 1. The van der Waals surface area contributed by atoms with Gasteiger partial charge in [0.25, 0.3) is 0 Å². The number of aliphatic hydroxyl groups excluding tert-OH is 2. The monoisotopic (exact) mass is 498 g/mol. The zero-order chi connectivity index (χ0) is 25.8. The van der Waals surface area contributed by atoms with Crippen molar-refractivity contribution in [3.8, 4) is 0 Å². The Labute approximate surface area is 219 Å². The van der Waals surface area contributed by atoms with Gasteiger partial charge in [-0.2, -0.15) is 0 Å². The highest BCUT2D eigenvalue weighted by Gasteiger charge is 2.25. The summed E-state index contributed by atoms with van der Waals surface area (Å²) in [6.45, 7) is 5.36. The van der Waals surface area contributed by atoms with Gasteiger partial charge in [0, 0.05) is 5.92 Å². The van der Waals surface area contributed by atoms with Gasteiger partial charge in [-0.15, -0.1) is 0 Å². The second-order valence-corrected chi connectivity index (χ2v) is 11.6. The highest BCUT2D eigenvalue weighted by molar-refractivity contribution is 5.87. The van der Waals surface area contributed by atoms with Gasteiger partial charge in [-0.3, -0.25) is 0 Å². The summed E-state index contributed by atoms with van der Waals surface area (Å²) in [5.74, 6) is 2.66. The van der Waals surface area contributed by atoms with Crippen LogP contribution in [0.1, 0.15) is 120 Å². The summed E-state index contributed by atoms with van der Waals surface area (Å²) in [5, 5.41) is 18.8. The van der Waals surface area contributed by atoms with Gasteiger partial charge in [-0.25, -0.2) is 4.79 Å². The average Bonchev–Trinajstić information content (AvgIpc) is 2.93. The molecule has 0 spiro atoms. The maximum Gasteiger partial charge on any atom is 0.335 e. The first-order chi connectivity index (χ1) is 17.5. The second kappa shape index (κ2) is 15.6. The minimum Gasteiger partial charge on any atom is -0.462 e. The van der Waals surface area contributed by atoms with Crippen molar-refractivity contribution in [1.82, 2.24) is 0 Å². The molecule has 0 radical (unpaired) electrons. The fourth-order valence-corrected chi connectivity index (χ4v) is 6.39. The molecule has 4 nitrogen and oxygen atoms in total. The lowest BCUT2D eigenvalue weighted by molar-refractivity contribution is -0.140. The molecule has 3 rings (SSSR count). The number of benzene rings is 1. The van der Waals surface area contributed by atoms with Crippen molar-refractivity contribution in [3.05, 3.63) is 47.5 Å². The van der Waals surface area contributed by atoms with Crippen LogP contribution in [0.2, 0.25) is 0 Å². The predicted octanol–water partition coefficient (Wildman–Crippen LogP) is 7.29. The van der Waals surface area contributed by atoms with E-state index in [2.05, 4.69) is 37.8 Å². The van der Waals surface area contributed by atoms with Gasteiger partial charge in [-0.1, -0.05) is 102 Å². The van der Waals surface area contributed by atoms with E-state index in [9.17, 15) is 9.90 Å². The van der Waals surface area contributed by atoms with E-state index in [4.69, 9.17) is 9.84 Å². The van der Waals surface area contributed by atoms with Crippen LogP contribution >= 0.6 is 0 Å². The lowest BCUT2D eigenvalue weighted by atomic mass is 9.74. The van der Waals surface area contributed by atoms with E-state index < -0.39 is 12.6 Å². The summed E-state index contributed by atoms with van der Waals surface area (Å²) in [7, 11) is 0. The molecule has 2 aliphatic rings. The summed E-state index contributed by atoms with van der Waals surface area (Å²) in [6, 6.07) is 8.51. The molecule has 1 atom stereocenters. The van der Waals surface area contributed by atoms with Crippen molar-refractivity contribution < 1.29 is 19.7 Å². The standard InChI is InChI=1S/C32H50O4/c1-3-4-5-6-25-7-9-26(10-8-25)11-12-27-13-15-28(16-14-27)29-17-19-30(20-18-29)31(22-34)23-36-32(35)24(2)21-33/h17-20,25-28,31,33-34H,2-16,21-23H2,1H3. The number of hydrogen-bond acceptors (Lipinski definition) is 4. The van der Waals surface area contributed by atoms with Gasteiger partial charge in [-0.05, 0) is 60.5 Å². The summed E-state index contributed by atoms with van der Waals surface area (Å²) < 4.78 is 5.19. The molecule has 0 amide bonds. The van der Waals surface area contributed by atoms with Gasteiger partial charge in [0.05, 0.1) is 18.8 Å². The maximum absolute atomic E-state index is 11.7. The van der Waals surface area contributed by atoms with Crippen molar-refractivity contribution in [1.29, 1.82) is 0 Å². The molecule has 2 aliphatic carbocycles. The molecule has 0 saturated heterocycles. The quantitative estimate of drug-likeness (QED) is 0.160. The van der Waals surface area contributed by atoms with E-state index in [1.807, 2.05) is 0 Å². The van der Waals surface area contributed by atoms with E-state index in [1.54, 1.807) is 0 Å². The largest absolute Gasteiger partial charge is 0.462 e. The lowest BCUT2D eigenvalue weighted by Gasteiger charge is -2.32. The van der Waals surface area contributed by atoms with E-state index in [1.165, 1.54) is 95.5 Å². The Hall–Kier alpha value is -1.65. The van der Waals surface area contributed by atoms with Crippen LogP contribution in [0, 0.1) is 17.8 Å². The number of hydrogen-bond donors (Lipinski definition) is 2. The molecule has 0 heterocycles. The highest BCUT2D eigenvalue weighted by Crippen LogP contribution is 2.40. The number of rotatable bonds is 14. The molecule has 0 bridgehead atoms. The molecule has 1 aromatic carbocycles. The Balaban J connectivity index is 1.36. The van der Waals surface area contributed by atoms with Gasteiger partial charge < -0.3 is 14.9 Å². The number of unbranched alkanes of at least 4 members (excludes halogenated alkanes) is 2. The first-order valence-electron chi connectivity index (χ1n) is 14.7.